The van der Waals surface area contributed by atoms with E-state index in [0.29, 0.717) is 10.9 Å². The Morgan fingerprint density at radius 3 is 2.36 bits per heavy atom. The Balaban J connectivity index is 1.23. The molecule has 7 nitrogen and oxygen atoms in total. The quantitative estimate of drug-likeness (QED) is 0.194. The zero-order valence-electron chi connectivity index (χ0n) is 23.8. The fourth-order valence-corrected chi connectivity index (χ4v) is 5.91. The molecule has 1 heterocycles. The number of carbonyl (C=O) groups is 1. The van der Waals surface area contributed by atoms with Gasteiger partial charge in [-0.2, -0.15) is 21.6 Å². The van der Waals surface area contributed by atoms with Crippen LogP contribution in [0, 0.1) is 5.92 Å². The van der Waals surface area contributed by atoms with E-state index in [1.807, 2.05) is 42.6 Å². The van der Waals surface area contributed by atoms with Crippen molar-refractivity contribution in [3.8, 4) is 22.6 Å². The van der Waals surface area contributed by atoms with Crippen molar-refractivity contribution in [2.45, 2.75) is 31.2 Å². The molecule has 0 radical (unpaired) electrons. The van der Waals surface area contributed by atoms with Crippen LogP contribution in [-0.4, -0.2) is 37.9 Å². The Kier molecular flexibility index (Phi) is 9.59. The van der Waals surface area contributed by atoms with Crippen molar-refractivity contribution in [2.24, 2.45) is 5.92 Å². The third-order valence-electron chi connectivity index (χ3n) is 7.56. The number of aliphatic carboxylic acids is 1. The van der Waals surface area contributed by atoms with Crippen LogP contribution in [0.5, 0.6) is 11.5 Å². The van der Waals surface area contributed by atoms with E-state index in [4.69, 9.17) is 16.3 Å². The Hall–Kier alpha value is -4.22. The number of carboxylic acids is 1. The van der Waals surface area contributed by atoms with Crippen molar-refractivity contribution in [3.63, 3.8) is 0 Å². The van der Waals surface area contributed by atoms with Gasteiger partial charge >= 0.3 is 15.6 Å². The standard InChI is InChI=1S/C33H29ClF3NO6S/c34-26-11-9-24(10-12-26)29-7-2-1-4-25(29)18-22-14-16-38(17-15-22)21-23-8-13-30(32(39)40)31(19-23)43-27-5-3-6-28(20-27)44-45(41,42)33(35,36)37/h1-13,20-22H,14-19H2,(H,39,40)/p-1. The second kappa shape index (κ2) is 13.4. The van der Waals surface area contributed by atoms with Gasteiger partial charge in [0.05, 0.1) is 5.97 Å². The Labute approximate surface area is 264 Å². The maximum Gasteiger partial charge on any atom is 0.534 e. The molecule has 0 aromatic heterocycles. The molecule has 3 aromatic rings. The maximum atomic E-state index is 12.7. The number of carbonyl (C=O) groups excluding carboxylic acids is 1. The first kappa shape index (κ1) is 32.2. The first-order valence-corrected chi connectivity index (χ1v) is 15.9. The smallest absolute Gasteiger partial charge is 0.534 e. The molecule has 0 saturated carbocycles. The van der Waals surface area contributed by atoms with E-state index in [1.54, 1.807) is 6.08 Å². The van der Waals surface area contributed by atoms with Crippen molar-refractivity contribution in [1.29, 1.82) is 0 Å². The van der Waals surface area contributed by atoms with Gasteiger partial charge in [-0.3, -0.25) is 0 Å². The lowest BCUT2D eigenvalue weighted by atomic mass is 9.87. The second-order valence-electron chi connectivity index (χ2n) is 10.7. The largest absolute Gasteiger partial charge is 0.545 e. The van der Waals surface area contributed by atoms with Crippen LogP contribution in [0.3, 0.4) is 0 Å². The summed E-state index contributed by atoms with van der Waals surface area (Å²) in [6, 6.07) is 20.7. The van der Waals surface area contributed by atoms with Crippen LogP contribution < -0.4 is 14.0 Å². The van der Waals surface area contributed by atoms with Crippen LogP contribution >= 0.6 is 11.6 Å². The lowest BCUT2D eigenvalue weighted by molar-refractivity contribution is -0.299. The van der Waals surface area contributed by atoms with E-state index in [9.17, 15) is 31.5 Å². The maximum absolute atomic E-state index is 12.7. The molecule has 1 aliphatic carbocycles. The van der Waals surface area contributed by atoms with Gasteiger partial charge in [-0.15, -0.1) is 0 Å². The molecule has 1 saturated heterocycles. The van der Waals surface area contributed by atoms with Crippen LogP contribution in [0.1, 0.15) is 24.8 Å². The van der Waals surface area contributed by atoms with Crippen molar-refractivity contribution in [1.82, 2.24) is 4.90 Å². The molecule has 3 aromatic carbocycles. The van der Waals surface area contributed by atoms with Gasteiger partial charge in [0.2, 0.25) is 0 Å². The molecule has 236 valence electrons. The molecule has 45 heavy (non-hydrogen) atoms. The van der Waals surface area contributed by atoms with Crippen LogP contribution in [0.25, 0.3) is 11.1 Å². The minimum atomic E-state index is -5.89. The summed E-state index contributed by atoms with van der Waals surface area (Å²) in [5.74, 6) is -1.76. The van der Waals surface area contributed by atoms with Gasteiger partial charge < -0.3 is 23.7 Å². The van der Waals surface area contributed by atoms with E-state index in [0.717, 1.165) is 55.6 Å². The number of piperidine rings is 1. The van der Waals surface area contributed by atoms with E-state index < -0.39 is 27.3 Å². The number of nitrogens with zero attached hydrogens (tertiary/aromatic N) is 1. The van der Waals surface area contributed by atoms with E-state index in [2.05, 4.69) is 21.2 Å². The lowest BCUT2D eigenvalue weighted by Crippen LogP contribution is -2.31. The number of hydrogen-bond donors (Lipinski definition) is 0. The third-order valence-corrected chi connectivity index (χ3v) is 8.79. The fourth-order valence-electron chi connectivity index (χ4n) is 5.33. The van der Waals surface area contributed by atoms with Gasteiger partial charge in [-0.05, 0) is 77.8 Å². The molecule has 2 aliphatic rings. The lowest BCUT2D eigenvalue weighted by Gasteiger charge is -2.32. The predicted molar refractivity (Wildman–Crippen MR) is 161 cm³/mol. The zero-order valence-corrected chi connectivity index (χ0v) is 25.4. The fraction of sp³-hybridized carbons (Fsp3) is 0.242. The molecule has 0 atom stereocenters. The number of alkyl halides is 3. The molecule has 0 bridgehead atoms. The second-order valence-corrected chi connectivity index (χ2v) is 12.7. The van der Waals surface area contributed by atoms with Crippen LogP contribution in [0.15, 0.2) is 108 Å². The SMILES string of the molecule is O=C([O-])C1=C(Oc2cccc(OS(=O)(=O)C(F)(F)F)c2)CC(=CN2CCC(Cc3ccccc3-c3ccc(Cl)cc3)CC2)C=C1. The number of hydrogen-bond acceptors (Lipinski definition) is 7. The highest BCUT2D eigenvalue weighted by atomic mass is 35.5. The minimum Gasteiger partial charge on any atom is -0.545 e. The normalized spacial score (nSPS) is 17.1. The summed E-state index contributed by atoms with van der Waals surface area (Å²) in [5, 5.41) is 12.5. The topological polar surface area (TPSA) is 96.0 Å². The summed E-state index contributed by atoms with van der Waals surface area (Å²) in [4.78, 5) is 13.9. The molecule has 5 rings (SSSR count). The highest BCUT2D eigenvalue weighted by Gasteiger charge is 2.48. The van der Waals surface area contributed by atoms with Gasteiger partial charge in [0.1, 0.15) is 17.3 Å². The predicted octanol–water partition coefficient (Wildman–Crippen LogP) is 6.42. The monoisotopic (exact) mass is 658 g/mol. The molecular weight excluding hydrogens is 631 g/mol. The minimum absolute atomic E-state index is 0.00623. The summed E-state index contributed by atoms with van der Waals surface area (Å²) in [6.45, 7) is 1.59. The van der Waals surface area contributed by atoms with Crippen molar-refractivity contribution in [2.75, 3.05) is 13.1 Å². The van der Waals surface area contributed by atoms with Gasteiger partial charge in [0.15, 0.2) is 0 Å². The van der Waals surface area contributed by atoms with Crippen LogP contribution in [-0.2, 0) is 21.3 Å². The Morgan fingerprint density at radius 2 is 1.67 bits per heavy atom. The van der Waals surface area contributed by atoms with Gasteiger partial charge in [-0.1, -0.05) is 60.1 Å². The molecule has 1 aliphatic heterocycles. The number of rotatable bonds is 9. The van der Waals surface area contributed by atoms with Crippen LogP contribution in [0.2, 0.25) is 5.02 Å². The molecule has 0 N–H and O–H groups in total. The number of halogens is 4. The molecule has 12 heteroatoms. The first-order chi connectivity index (χ1) is 21.4. The van der Waals surface area contributed by atoms with E-state index in [1.165, 1.54) is 29.3 Å². The zero-order chi connectivity index (χ0) is 32.2. The van der Waals surface area contributed by atoms with Crippen molar-refractivity contribution in [3.05, 3.63) is 119 Å². The van der Waals surface area contributed by atoms with Crippen molar-refractivity contribution < 1.29 is 40.4 Å². The van der Waals surface area contributed by atoms with Gasteiger partial charge in [0.25, 0.3) is 0 Å². The molecule has 0 spiro atoms. The van der Waals surface area contributed by atoms with Gasteiger partial charge in [-0.25, -0.2) is 0 Å². The van der Waals surface area contributed by atoms with Crippen LogP contribution in [0.4, 0.5) is 13.2 Å². The summed E-state index contributed by atoms with van der Waals surface area (Å²) in [6.07, 6.45) is 7.86. The molecular formula is C33H28ClF3NO6S-. The molecule has 1 fully saturated rings. The Morgan fingerprint density at radius 1 is 0.978 bits per heavy atom. The molecule has 0 amide bonds. The molecule has 0 unspecified atom stereocenters. The first-order valence-electron chi connectivity index (χ1n) is 14.1. The number of allylic oxidation sites excluding steroid dienone is 2. The van der Waals surface area contributed by atoms with Crippen molar-refractivity contribution >= 4 is 27.7 Å². The van der Waals surface area contributed by atoms with E-state index >= 15 is 0 Å². The third kappa shape index (κ3) is 8.09. The summed E-state index contributed by atoms with van der Waals surface area (Å²) in [7, 11) is -5.89. The Bertz CT molecular complexity index is 1760. The summed E-state index contributed by atoms with van der Waals surface area (Å²) >= 11 is 6.07. The van der Waals surface area contributed by atoms with Gasteiger partial charge in [0, 0.05) is 42.4 Å². The average molecular weight is 659 g/mol. The summed E-state index contributed by atoms with van der Waals surface area (Å²) < 4.78 is 70.8. The highest BCUT2D eigenvalue weighted by Crippen LogP contribution is 2.33. The average Bonchev–Trinajstić information content (AvgIpc) is 2.98. The number of carboxylic acid groups (broad SMARTS) is 1. The number of benzene rings is 3. The number of likely N-dealkylation sites (tertiary alicyclic amines) is 1. The highest BCUT2D eigenvalue weighted by molar-refractivity contribution is 7.88. The van der Waals surface area contributed by atoms with E-state index in [-0.39, 0.29) is 23.5 Å². The summed E-state index contributed by atoms with van der Waals surface area (Å²) in [5.41, 5.74) is -1.51. The number of ether oxygens (including phenoxy) is 1.